The van der Waals surface area contributed by atoms with Crippen molar-refractivity contribution in [2.75, 3.05) is 11.4 Å². The number of nitrogens with one attached hydrogen (secondary N) is 1. The van der Waals surface area contributed by atoms with Crippen molar-refractivity contribution in [3.8, 4) is 0 Å². The molecule has 1 aliphatic rings. The van der Waals surface area contributed by atoms with E-state index in [1.54, 1.807) is 35.2 Å². The topological polar surface area (TPSA) is 66.5 Å². The predicted molar refractivity (Wildman–Crippen MR) is 93.7 cm³/mol. The Morgan fingerprint density at radius 3 is 2.75 bits per heavy atom. The summed E-state index contributed by atoms with van der Waals surface area (Å²) >= 11 is 5.91. The molecule has 0 atom stereocenters. The van der Waals surface area contributed by atoms with Crippen LogP contribution in [-0.4, -0.2) is 20.9 Å². The van der Waals surface area contributed by atoms with E-state index >= 15 is 0 Å². The van der Waals surface area contributed by atoms with Crippen molar-refractivity contribution in [1.82, 2.24) is 4.72 Å². The number of carbonyl (C=O) groups excluding carboxylic acids is 1. The van der Waals surface area contributed by atoms with Crippen LogP contribution in [0.15, 0.2) is 47.4 Å². The number of hydrogen-bond donors (Lipinski definition) is 1. The van der Waals surface area contributed by atoms with Crippen molar-refractivity contribution in [2.24, 2.45) is 0 Å². The monoisotopic (exact) mass is 364 g/mol. The second kappa shape index (κ2) is 6.55. The molecule has 126 valence electrons. The zero-order valence-corrected chi connectivity index (χ0v) is 14.7. The fourth-order valence-electron chi connectivity index (χ4n) is 2.78. The van der Waals surface area contributed by atoms with Gasteiger partial charge in [-0.25, -0.2) is 13.1 Å². The maximum Gasteiger partial charge on any atom is 0.240 e. The van der Waals surface area contributed by atoms with Gasteiger partial charge in [-0.1, -0.05) is 23.7 Å². The van der Waals surface area contributed by atoms with E-state index in [1.807, 2.05) is 6.07 Å². The molecule has 0 saturated carbocycles. The SMILES string of the molecule is CC(=O)N1CCc2cc(S(=O)(=O)NCc3cccc(Cl)c3)ccc21. The van der Waals surface area contributed by atoms with Crippen molar-refractivity contribution in [2.45, 2.75) is 24.8 Å². The second-order valence-electron chi connectivity index (χ2n) is 5.67. The molecular weight excluding hydrogens is 348 g/mol. The van der Waals surface area contributed by atoms with Gasteiger partial charge in [0, 0.05) is 30.7 Å². The molecule has 2 aromatic rings. The van der Waals surface area contributed by atoms with Gasteiger partial charge < -0.3 is 4.90 Å². The van der Waals surface area contributed by atoms with E-state index in [9.17, 15) is 13.2 Å². The average molecular weight is 365 g/mol. The molecular formula is C17H17ClN2O3S. The molecule has 2 aromatic carbocycles. The molecule has 3 rings (SSSR count). The number of carbonyl (C=O) groups is 1. The lowest BCUT2D eigenvalue weighted by Crippen LogP contribution is -2.26. The van der Waals surface area contributed by atoms with Crippen molar-refractivity contribution in [3.05, 3.63) is 58.6 Å². The van der Waals surface area contributed by atoms with Crippen LogP contribution in [0.2, 0.25) is 5.02 Å². The number of hydrogen-bond acceptors (Lipinski definition) is 3. The number of nitrogens with zero attached hydrogens (tertiary/aromatic N) is 1. The minimum Gasteiger partial charge on any atom is -0.312 e. The molecule has 0 unspecified atom stereocenters. The Hall–Kier alpha value is -1.89. The number of sulfonamides is 1. The van der Waals surface area contributed by atoms with Gasteiger partial charge in [-0.3, -0.25) is 4.79 Å². The summed E-state index contributed by atoms with van der Waals surface area (Å²) in [5.74, 6) is -0.0385. The molecule has 1 N–H and O–H groups in total. The van der Waals surface area contributed by atoms with Crippen molar-refractivity contribution < 1.29 is 13.2 Å². The molecule has 1 amide bonds. The smallest absolute Gasteiger partial charge is 0.240 e. The third kappa shape index (κ3) is 3.45. The van der Waals surface area contributed by atoms with Crippen LogP contribution in [0.4, 0.5) is 5.69 Å². The second-order valence-corrected chi connectivity index (χ2v) is 7.87. The van der Waals surface area contributed by atoms with E-state index in [0.29, 0.717) is 18.0 Å². The average Bonchev–Trinajstić information content (AvgIpc) is 2.96. The first-order chi connectivity index (χ1) is 11.4. The van der Waals surface area contributed by atoms with Crippen LogP contribution in [0.25, 0.3) is 0 Å². The Labute approximate surface area is 146 Å². The standard InChI is InChI=1S/C17H17ClN2O3S/c1-12(21)20-8-7-14-10-16(5-6-17(14)20)24(22,23)19-11-13-3-2-4-15(18)9-13/h2-6,9-10,19H,7-8,11H2,1H3. The molecule has 1 heterocycles. The van der Waals surface area contributed by atoms with E-state index < -0.39 is 10.0 Å². The maximum atomic E-state index is 12.5. The highest BCUT2D eigenvalue weighted by atomic mass is 35.5. The number of benzene rings is 2. The first-order valence-electron chi connectivity index (χ1n) is 7.52. The fourth-order valence-corrected chi connectivity index (χ4v) is 4.06. The van der Waals surface area contributed by atoms with Gasteiger partial charge in [-0.05, 0) is 47.9 Å². The van der Waals surface area contributed by atoms with Gasteiger partial charge >= 0.3 is 0 Å². The van der Waals surface area contributed by atoms with Crippen LogP contribution in [0, 0.1) is 0 Å². The van der Waals surface area contributed by atoms with E-state index in [-0.39, 0.29) is 17.3 Å². The highest BCUT2D eigenvalue weighted by Gasteiger charge is 2.24. The Kier molecular flexibility index (Phi) is 4.62. The molecule has 0 aromatic heterocycles. The summed E-state index contributed by atoms with van der Waals surface area (Å²) in [5, 5.41) is 0.563. The quantitative estimate of drug-likeness (QED) is 0.907. The summed E-state index contributed by atoms with van der Waals surface area (Å²) in [4.78, 5) is 13.4. The van der Waals surface area contributed by atoms with Gasteiger partial charge in [0.15, 0.2) is 0 Å². The summed E-state index contributed by atoms with van der Waals surface area (Å²) in [6.07, 6.45) is 0.659. The fraction of sp³-hybridized carbons (Fsp3) is 0.235. The Balaban J connectivity index is 1.79. The van der Waals surface area contributed by atoms with Crippen molar-refractivity contribution in [3.63, 3.8) is 0 Å². The van der Waals surface area contributed by atoms with Crippen LogP contribution < -0.4 is 9.62 Å². The van der Waals surface area contributed by atoms with E-state index in [0.717, 1.165) is 16.8 Å². The number of anilines is 1. The molecule has 0 bridgehead atoms. The Morgan fingerprint density at radius 1 is 1.25 bits per heavy atom. The van der Waals surface area contributed by atoms with E-state index in [2.05, 4.69) is 4.72 Å². The summed E-state index contributed by atoms with van der Waals surface area (Å²) in [6, 6.07) is 11.9. The van der Waals surface area contributed by atoms with Crippen molar-refractivity contribution in [1.29, 1.82) is 0 Å². The van der Waals surface area contributed by atoms with Gasteiger partial charge in [-0.2, -0.15) is 0 Å². The largest absolute Gasteiger partial charge is 0.312 e. The van der Waals surface area contributed by atoms with Gasteiger partial charge in [0.25, 0.3) is 0 Å². The third-order valence-corrected chi connectivity index (χ3v) is 5.63. The molecule has 0 saturated heterocycles. The van der Waals surface area contributed by atoms with Gasteiger partial charge in [0.1, 0.15) is 0 Å². The number of amides is 1. The lowest BCUT2D eigenvalue weighted by atomic mass is 10.2. The zero-order chi connectivity index (χ0) is 17.3. The lowest BCUT2D eigenvalue weighted by Gasteiger charge is -2.15. The summed E-state index contributed by atoms with van der Waals surface area (Å²) in [7, 11) is -3.63. The van der Waals surface area contributed by atoms with E-state index in [1.165, 1.54) is 13.0 Å². The van der Waals surface area contributed by atoms with Gasteiger partial charge in [0.05, 0.1) is 4.90 Å². The Morgan fingerprint density at radius 2 is 2.04 bits per heavy atom. The third-order valence-electron chi connectivity index (χ3n) is 3.99. The number of halogens is 1. The minimum absolute atomic E-state index is 0.0385. The molecule has 24 heavy (non-hydrogen) atoms. The summed E-state index contributed by atoms with van der Waals surface area (Å²) in [6.45, 7) is 2.26. The van der Waals surface area contributed by atoms with Crippen LogP contribution in [0.5, 0.6) is 0 Å². The first kappa shape index (κ1) is 17.0. The van der Waals surface area contributed by atoms with Crippen LogP contribution in [-0.2, 0) is 27.8 Å². The molecule has 0 fully saturated rings. The Bertz CT molecular complexity index is 896. The molecule has 1 aliphatic heterocycles. The number of rotatable bonds is 4. The highest BCUT2D eigenvalue weighted by molar-refractivity contribution is 7.89. The molecule has 7 heteroatoms. The maximum absolute atomic E-state index is 12.5. The summed E-state index contributed by atoms with van der Waals surface area (Å²) < 4.78 is 27.5. The van der Waals surface area contributed by atoms with Crippen LogP contribution in [0.3, 0.4) is 0 Å². The molecule has 0 spiro atoms. The zero-order valence-electron chi connectivity index (χ0n) is 13.1. The summed E-state index contributed by atoms with van der Waals surface area (Å²) in [5.41, 5.74) is 2.45. The number of fused-ring (bicyclic) bond motifs is 1. The van der Waals surface area contributed by atoms with E-state index in [4.69, 9.17) is 11.6 Å². The highest BCUT2D eigenvalue weighted by Crippen LogP contribution is 2.30. The van der Waals surface area contributed by atoms with Gasteiger partial charge in [0.2, 0.25) is 15.9 Å². The minimum atomic E-state index is -3.63. The normalized spacial score (nSPS) is 13.8. The van der Waals surface area contributed by atoms with Crippen LogP contribution in [0.1, 0.15) is 18.1 Å². The van der Waals surface area contributed by atoms with Crippen molar-refractivity contribution >= 4 is 33.2 Å². The molecule has 0 radical (unpaired) electrons. The predicted octanol–water partition coefficient (Wildman–Crippen LogP) is 2.73. The van der Waals surface area contributed by atoms with Crippen LogP contribution >= 0.6 is 11.6 Å². The first-order valence-corrected chi connectivity index (χ1v) is 9.38. The van der Waals surface area contributed by atoms with Gasteiger partial charge in [-0.15, -0.1) is 0 Å². The lowest BCUT2D eigenvalue weighted by molar-refractivity contribution is -0.116. The molecule has 0 aliphatic carbocycles. The molecule has 5 nitrogen and oxygen atoms in total.